The quantitative estimate of drug-likeness (QED) is 0.377. The average Bonchev–Trinajstić information content (AvgIpc) is 2.78. The second-order valence-corrected chi connectivity index (χ2v) is 8.91. The van der Waals surface area contributed by atoms with Crippen LogP contribution in [0.1, 0.15) is 31.1 Å². The Kier molecular flexibility index (Phi) is 10.0. The van der Waals surface area contributed by atoms with Gasteiger partial charge in [0.2, 0.25) is 10.0 Å². The lowest BCUT2D eigenvalue weighted by Gasteiger charge is -2.18. The summed E-state index contributed by atoms with van der Waals surface area (Å²) in [6.07, 6.45) is 0. The molecule has 0 spiro atoms. The largest absolute Gasteiger partial charge is 0.490 e. The van der Waals surface area contributed by atoms with Crippen molar-refractivity contribution in [1.29, 1.82) is 0 Å². The van der Waals surface area contributed by atoms with Gasteiger partial charge in [0.1, 0.15) is 12.4 Å². The van der Waals surface area contributed by atoms with Gasteiger partial charge in [0, 0.05) is 25.4 Å². The summed E-state index contributed by atoms with van der Waals surface area (Å²) in [5, 5.41) is 5.58. The second-order valence-electron chi connectivity index (χ2n) is 6.56. The molecule has 0 fully saturated rings. The van der Waals surface area contributed by atoms with Crippen molar-refractivity contribution < 1.29 is 22.7 Å². The number of carbonyl (C=O) groups excluding carboxylic acids is 1. The van der Waals surface area contributed by atoms with Gasteiger partial charge in [-0.3, -0.25) is 10.1 Å². The number of anilines is 1. The lowest BCUT2D eigenvalue weighted by atomic mass is 10.2. The summed E-state index contributed by atoms with van der Waals surface area (Å²) < 4.78 is 37.4. The minimum atomic E-state index is -3.54. The Balaban J connectivity index is 2.00. The summed E-state index contributed by atoms with van der Waals surface area (Å²) in [4.78, 5) is 12.8. The van der Waals surface area contributed by atoms with Crippen molar-refractivity contribution in [3.05, 3.63) is 54.1 Å². The Labute approximate surface area is 195 Å². The molecule has 0 saturated carbocycles. The maximum absolute atomic E-state index is 12.6. The third-order valence-corrected chi connectivity index (χ3v) is 6.77. The summed E-state index contributed by atoms with van der Waals surface area (Å²) in [6, 6.07) is 13.0. The highest BCUT2D eigenvalue weighted by atomic mass is 32.2. The van der Waals surface area contributed by atoms with Crippen LogP contribution in [-0.4, -0.2) is 56.7 Å². The van der Waals surface area contributed by atoms with Gasteiger partial charge in [0.15, 0.2) is 5.11 Å². The number of benzene rings is 2. The van der Waals surface area contributed by atoms with Gasteiger partial charge in [-0.1, -0.05) is 26.0 Å². The number of hydrogen-bond donors (Lipinski definition) is 2. The zero-order chi connectivity index (χ0) is 23.6. The van der Waals surface area contributed by atoms with E-state index in [1.807, 2.05) is 6.92 Å². The maximum atomic E-state index is 12.6. The molecule has 10 heteroatoms. The molecule has 174 valence electrons. The number of hydrogen-bond acceptors (Lipinski definition) is 6. The van der Waals surface area contributed by atoms with Crippen LogP contribution in [-0.2, 0) is 14.8 Å². The first-order chi connectivity index (χ1) is 15.3. The van der Waals surface area contributed by atoms with E-state index < -0.39 is 15.9 Å². The average molecular weight is 480 g/mol. The van der Waals surface area contributed by atoms with Crippen molar-refractivity contribution in [3.63, 3.8) is 0 Å². The Morgan fingerprint density at radius 3 is 2.28 bits per heavy atom. The molecule has 0 bridgehead atoms. The zero-order valence-corrected chi connectivity index (χ0v) is 20.1. The summed E-state index contributed by atoms with van der Waals surface area (Å²) in [5.74, 6) is 0.00806. The fourth-order valence-corrected chi connectivity index (χ4v) is 4.56. The predicted octanol–water partition coefficient (Wildman–Crippen LogP) is 3.26. The number of sulfonamides is 1. The van der Waals surface area contributed by atoms with E-state index in [1.54, 1.807) is 50.2 Å². The Morgan fingerprint density at radius 1 is 1.00 bits per heavy atom. The molecular weight excluding hydrogens is 450 g/mol. The van der Waals surface area contributed by atoms with E-state index in [0.29, 0.717) is 49.9 Å². The number of thiocarbonyl (C=S) groups is 1. The summed E-state index contributed by atoms with van der Waals surface area (Å²) in [5.41, 5.74) is 0.892. The minimum absolute atomic E-state index is 0.0819. The van der Waals surface area contributed by atoms with Gasteiger partial charge < -0.3 is 14.8 Å². The molecule has 0 saturated heterocycles. The van der Waals surface area contributed by atoms with Gasteiger partial charge in [0.05, 0.1) is 17.1 Å². The number of carbonyl (C=O) groups is 1. The highest BCUT2D eigenvalue weighted by Crippen LogP contribution is 2.19. The Bertz CT molecular complexity index is 1010. The van der Waals surface area contributed by atoms with Crippen LogP contribution >= 0.6 is 12.2 Å². The van der Waals surface area contributed by atoms with Gasteiger partial charge in [-0.15, -0.1) is 0 Å². The fraction of sp³-hybridized carbons (Fsp3) is 0.364. The molecule has 0 atom stereocenters. The van der Waals surface area contributed by atoms with E-state index in [4.69, 9.17) is 21.7 Å². The molecule has 0 radical (unpaired) electrons. The summed E-state index contributed by atoms with van der Waals surface area (Å²) in [7, 11) is -3.54. The lowest BCUT2D eigenvalue weighted by molar-refractivity contribution is 0.0958. The van der Waals surface area contributed by atoms with Crippen molar-refractivity contribution in [2.45, 2.75) is 25.7 Å². The van der Waals surface area contributed by atoms with E-state index in [1.165, 1.54) is 16.4 Å². The van der Waals surface area contributed by atoms with E-state index in [9.17, 15) is 13.2 Å². The molecular formula is C22H29N3O5S2. The van der Waals surface area contributed by atoms with Gasteiger partial charge in [0.25, 0.3) is 5.91 Å². The second kappa shape index (κ2) is 12.5. The SMILES string of the molecule is CCOCCOc1ccccc1C(=O)NC(=S)Nc1ccc(S(=O)(=O)N(CC)CC)cc1. The molecule has 2 rings (SSSR count). The van der Waals surface area contributed by atoms with Gasteiger partial charge in [-0.05, 0) is 55.5 Å². The van der Waals surface area contributed by atoms with E-state index in [-0.39, 0.29) is 10.0 Å². The van der Waals surface area contributed by atoms with Crippen LogP contribution in [0.3, 0.4) is 0 Å². The third kappa shape index (κ3) is 6.99. The molecule has 2 N–H and O–H groups in total. The first-order valence-electron chi connectivity index (χ1n) is 10.4. The van der Waals surface area contributed by atoms with Gasteiger partial charge in [-0.2, -0.15) is 4.31 Å². The summed E-state index contributed by atoms with van der Waals surface area (Å²) >= 11 is 5.23. The standard InChI is InChI=1S/C22H29N3O5S2/c1-4-25(5-2)32(27,28)18-13-11-17(12-14-18)23-22(31)24-21(26)19-9-7-8-10-20(19)30-16-15-29-6-3/h7-14H,4-6,15-16H2,1-3H3,(H2,23,24,26,31). The molecule has 32 heavy (non-hydrogen) atoms. The highest BCUT2D eigenvalue weighted by molar-refractivity contribution is 7.89. The zero-order valence-electron chi connectivity index (χ0n) is 18.5. The van der Waals surface area contributed by atoms with Crippen LogP contribution in [0.2, 0.25) is 0 Å². The number of nitrogens with one attached hydrogen (secondary N) is 2. The fourth-order valence-electron chi connectivity index (χ4n) is 2.89. The van der Waals surface area contributed by atoms with Gasteiger partial charge >= 0.3 is 0 Å². The summed E-state index contributed by atoms with van der Waals surface area (Å²) in [6.45, 7) is 7.61. The van der Waals surface area contributed by atoms with Crippen molar-refractivity contribution in [1.82, 2.24) is 9.62 Å². The molecule has 8 nitrogen and oxygen atoms in total. The van der Waals surface area contributed by atoms with Crippen LogP contribution in [0.25, 0.3) is 0 Å². The molecule has 0 aliphatic rings. The van der Waals surface area contributed by atoms with Crippen LogP contribution in [0.4, 0.5) is 5.69 Å². The highest BCUT2D eigenvalue weighted by Gasteiger charge is 2.21. The van der Waals surface area contributed by atoms with E-state index in [0.717, 1.165) is 0 Å². The Morgan fingerprint density at radius 2 is 1.66 bits per heavy atom. The molecule has 0 aliphatic heterocycles. The molecule has 0 aromatic heterocycles. The maximum Gasteiger partial charge on any atom is 0.261 e. The topological polar surface area (TPSA) is 97.0 Å². The van der Waals surface area contributed by atoms with Crippen molar-refractivity contribution in [2.75, 3.05) is 38.2 Å². The van der Waals surface area contributed by atoms with Crippen molar-refractivity contribution >= 4 is 38.9 Å². The van der Waals surface area contributed by atoms with Crippen molar-refractivity contribution in [2.24, 2.45) is 0 Å². The number of nitrogens with zero attached hydrogens (tertiary/aromatic N) is 1. The monoisotopic (exact) mass is 479 g/mol. The first kappa shape index (κ1) is 25.7. The molecule has 2 aromatic rings. The van der Waals surface area contributed by atoms with Gasteiger partial charge in [-0.25, -0.2) is 8.42 Å². The number of para-hydroxylation sites is 1. The van der Waals surface area contributed by atoms with Crippen LogP contribution in [0.5, 0.6) is 5.75 Å². The third-order valence-electron chi connectivity index (χ3n) is 4.50. The minimum Gasteiger partial charge on any atom is -0.490 e. The number of amides is 1. The van der Waals surface area contributed by atoms with Crippen LogP contribution in [0.15, 0.2) is 53.4 Å². The molecule has 0 heterocycles. The van der Waals surface area contributed by atoms with Crippen LogP contribution < -0.4 is 15.4 Å². The predicted molar refractivity (Wildman–Crippen MR) is 129 cm³/mol. The normalized spacial score (nSPS) is 11.2. The molecule has 1 amide bonds. The van der Waals surface area contributed by atoms with Crippen molar-refractivity contribution in [3.8, 4) is 5.75 Å². The number of rotatable bonds is 11. The first-order valence-corrected chi connectivity index (χ1v) is 12.2. The smallest absolute Gasteiger partial charge is 0.261 e. The molecule has 2 aromatic carbocycles. The molecule has 0 unspecified atom stereocenters. The van der Waals surface area contributed by atoms with E-state index >= 15 is 0 Å². The molecule has 0 aliphatic carbocycles. The van der Waals surface area contributed by atoms with Crippen LogP contribution in [0, 0.1) is 0 Å². The Hall–Kier alpha value is -2.53. The number of ether oxygens (including phenoxy) is 2. The van der Waals surface area contributed by atoms with E-state index in [2.05, 4.69) is 10.6 Å². The lowest BCUT2D eigenvalue weighted by Crippen LogP contribution is -2.34.